The van der Waals surface area contributed by atoms with Crippen LogP contribution in [-0.2, 0) is 0 Å². The third-order valence-corrected chi connectivity index (χ3v) is 0. The second-order valence-electron chi connectivity index (χ2n) is 0. The number of rotatable bonds is 0. The second-order valence-corrected chi connectivity index (χ2v) is 0. The van der Waals surface area contributed by atoms with Crippen LogP contribution in [0.3, 0.4) is 0 Å². The van der Waals surface area contributed by atoms with Crippen LogP contribution in [-0.4, -0.2) is 0 Å². The summed E-state index contributed by atoms with van der Waals surface area (Å²) in [6.07, 6.45) is 0. The van der Waals surface area contributed by atoms with Gasteiger partial charge in [-0.2, -0.15) is 0 Å². The van der Waals surface area contributed by atoms with Crippen LogP contribution in [0.25, 0.3) is 0 Å². The Balaban J connectivity index is 0. The van der Waals surface area contributed by atoms with Gasteiger partial charge in [0.2, 0.25) is 0 Å². The van der Waals surface area contributed by atoms with E-state index in [0.29, 0.717) is 0 Å². The Kier molecular flexibility index (Phi) is 90.0. The monoisotopic (exact) mass is 428 g/mol. The van der Waals surface area contributed by atoms with Crippen molar-refractivity contribution in [2.75, 3.05) is 0 Å². The van der Waals surface area contributed by atoms with Gasteiger partial charge in [0, 0.05) is 0 Å². The molecule has 0 fully saturated rings. The fourth-order valence-electron chi connectivity index (χ4n) is 0. The zero-order valence-corrected chi connectivity index (χ0v) is 18.2. The first-order chi connectivity index (χ1) is 0. The van der Waals surface area contributed by atoms with Gasteiger partial charge in [0.05, 0.1) is 0 Å². The molecule has 0 nitrogen and oxygen atoms in total. The van der Waals surface area contributed by atoms with E-state index in [0.717, 1.165) is 0 Å². The van der Waals surface area contributed by atoms with Crippen molar-refractivity contribution in [2.45, 2.75) is 0 Å². The van der Waals surface area contributed by atoms with E-state index in [2.05, 4.69) is 0 Å². The average molecular weight is 428 g/mol. The zero-order chi connectivity index (χ0) is 0. The third kappa shape index (κ3) is 10.2. The van der Waals surface area contributed by atoms with Crippen molar-refractivity contribution in [2.24, 2.45) is 0 Å². The van der Waals surface area contributed by atoms with Gasteiger partial charge in [-0.25, -0.2) is 0 Å². The maximum Gasteiger partial charge on any atom is 1.00 e. The maximum absolute atomic E-state index is 0. The van der Waals surface area contributed by atoms with E-state index in [1.807, 2.05) is 0 Å². The Morgan fingerprint density at radius 1 is 0.750 bits per heavy atom. The molecule has 0 aromatic heterocycles. The van der Waals surface area contributed by atoms with E-state index in [-0.39, 0.29) is 174 Å². The molecular weight excluding hydrogens is 428 g/mol. The van der Waals surface area contributed by atoms with Gasteiger partial charge >= 0.3 is 138 Å². The Bertz CT molecular complexity index is 6.00. The van der Waals surface area contributed by atoms with Crippen molar-refractivity contribution < 1.29 is 174 Å². The van der Waals surface area contributed by atoms with Gasteiger partial charge < -0.3 is 36.4 Å². The van der Waals surface area contributed by atoms with Crippen LogP contribution >= 0.6 is 0 Å². The molecule has 0 rings (SSSR count). The summed E-state index contributed by atoms with van der Waals surface area (Å²) in [5.41, 5.74) is 0. The van der Waals surface area contributed by atoms with Crippen LogP contribution in [0.1, 0.15) is 0 Å². The molecule has 0 N–H and O–H groups in total. The summed E-state index contributed by atoms with van der Waals surface area (Å²) >= 11 is 0. The third-order valence-electron chi connectivity index (χ3n) is 0. The molecule has 4 heteroatoms. The molecule has 0 aliphatic rings. The molecule has 0 atom stereocenters. The summed E-state index contributed by atoms with van der Waals surface area (Å²) in [6.45, 7) is 0. The van der Waals surface area contributed by atoms with Crippen molar-refractivity contribution in [3.05, 3.63) is 0 Å². The Morgan fingerprint density at radius 3 is 0.750 bits per heavy atom. The summed E-state index contributed by atoms with van der Waals surface area (Å²) < 4.78 is 0. The van der Waals surface area contributed by atoms with Gasteiger partial charge in [-0.3, -0.25) is 0 Å². The fourth-order valence-corrected chi connectivity index (χ4v) is 0. The summed E-state index contributed by atoms with van der Waals surface area (Å²) in [4.78, 5) is 0. The van der Waals surface area contributed by atoms with Gasteiger partial charge in [0.25, 0.3) is 0 Å². The summed E-state index contributed by atoms with van der Waals surface area (Å²) in [6, 6.07) is 0. The first kappa shape index (κ1) is 22.9. The Morgan fingerprint density at radius 2 is 0.750 bits per heavy atom. The van der Waals surface area contributed by atoms with Crippen LogP contribution in [0.4, 0.5) is 0 Å². The Labute approximate surface area is 167 Å². The van der Waals surface area contributed by atoms with Crippen molar-refractivity contribution >= 4 is 0 Å². The molecule has 16 valence electrons. The van der Waals surface area contributed by atoms with Gasteiger partial charge in [0.1, 0.15) is 0 Å². The summed E-state index contributed by atoms with van der Waals surface area (Å²) in [5, 5.41) is 0. The van der Waals surface area contributed by atoms with E-state index in [9.17, 15) is 0 Å². The molecule has 0 unspecified atom stereocenters. The minimum absolute atomic E-state index is 0. The van der Waals surface area contributed by atoms with Gasteiger partial charge in [0.15, 0.2) is 0 Å². The number of hydrogen-bond acceptors (Lipinski definition) is 0. The predicted molar refractivity (Wildman–Crippen MR) is 0 cm³/mol. The average Bonchev–Trinajstić information content (AvgIpc) is 0. The van der Waals surface area contributed by atoms with Crippen LogP contribution in [0.15, 0.2) is 0 Å². The van der Waals surface area contributed by atoms with Crippen molar-refractivity contribution in [3.63, 3.8) is 0 Å². The molecule has 0 amide bonds. The van der Waals surface area contributed by atoms with Crippen molar-refractivity contribution in [3.8, 4) is 0 Å². The molecule has 0 saturated carbocycles. The SMILES string of the molecule is [Cl-].[Cs+].[Cs+].[I-]. The second kappa shape index (κ2) is 15.7. The van der Waals surface area contributed by atoms with E-state index < -0.39 is 0 Å². The Hall–Kier alpha value is 5.12. The van der Waals surface area contributed by atoms with Crippen LogP contribution in [0.2, 0.25) is 0 Å². The van der Waals surface area contributed by atoms with Crippen LogP contribution < -0.4 is 174 Å². The first-order valence-electron chi connectivity index (χ1n) is 0. The molecule has 0 aromatic carbocycles. The number of halogens is 2. The summed E-state index contributed by atoms with van der Waals surface area (Å²) in [5.74, 6) is 0. The van der Waals surface area contributed by atoms with E-state index in [1.165, 1.54) is 0 Å². The van der Waals surface area contributed by atoms with Crippen LogP contribution in [0.5, 0.6) is 0 Å². The standard InChI is InChI=1S/ClH.2Cs.HI/h1H;;;1H/q;2*+1;/p-2. The zero-order valence-electron chi connectivity index (χ0n) is 2.76. The molecule has 4 heavy (non-hydrogen) atoms. The van der Waals surface area contributed by atoms with Gasteiger partial charge in [-0.1, -0.05) is 0 Å². The predicted octanol–water partition coefficient (Wildman–Crippen LogP) is -12.0. The minimum Gasteiger partial charge on any atom is -1.00 e. The number of hydrogen-bond donors (Lipinski definition) is 0. The van der Waals surface area contributed by atoms with E-state index >= 15 is 0 Å². The normalized spacial score (nSPS) is 0. The molecule has 0 heterocycles. The molecule has 0 bridgehead atoms. The van der Waals surface area contributed by atoms with Crippen molar-refractivity contribution in [1.82, 2.24) is 0 Å². The molecule has 0 aliphatic heterocycles. The van der Waals surface area contributed by atoms with Gasteiger partial charge in [-0.15, -0.1) is 0 Å². The largest absolute Gasteiger partial charge is 1.00 e. The topological polar surface area (TPSA) is 0 Å². The fraction of sp³-hybridized carbons (Fsp3) is 0. The van der Waals surface area contributed by atoms with Crippen molar-refractivity contribution in [1.29, 1.82) is 0 Å². The molecule has 0 spiro atoms. The molecule has 0 aromatic rings. The van der Waals surface area contributed by atoms with Gasteiger partial charge in [-0.05, 0) is 0 Å². The molecule has 0 aliphatic carbocycles. The van der Waals surface area contributed by atoms with E-state index in [1.54, 1.807) is 0 Å². The molecule has 0 saturated heterocycles. The maximum atomic E-state index is 0. The minimum atomic E-state index is 0. The quantitative estimate of drug-likeness (QED) is 0.337. The van der Waals surface area contributed by atoms with E-state index in [4.69, 9.17) is 0 Å². The molecular formula is ClCs2I. The summed E-state index contributed by atoms with van der Waals surface area (Å²) in [7, 11) is 0. The first-order valence-corrected chi connectivity index (χ1v) is 0. The van der Waals surface area contributed by atoms with Crippen LogP contribution in [0, 0.1) is 0 Å². The molecule has 0 radical (unpaired) electrons. The smallest absolute Gasteiger partial charge is 1.00 e.